The molecular formula is C33H30N2O5. The summed E-state index contributed by atoms with van der Waals surface area (Å²) < 4.78 is 12.6. The van der Waals surface area contributed by atoms with Gasteiger partial charge in [0, 0.05) is 43.6 Å². The molecule has 6 rings (SSSR count). The maximum atomic E-state index is 13.0. The van der Waals surface area contributed by atoms with Crippen LogP contribution in [0.4, 0.5) is 5.69 Å². The first-order valence-electron chi connectivity index (χ1n) is 13.6. The highest BCUT2D eigenvalue weighted by Crippen LogP contribution is 2.46. The van der Waals surface area contributed by atoms with Gasteiger partial charge in [0.05, 0.1) is 4.92 Å². The van der Waals surface area contributed by atoms with Crippen LogP contribution < -0.4 is 9.47 Å². The van der Waals surface area contributed by atoms with Crippen molar-refractivity contribution in [1.82, 2.24) is 4.90 Å². The highest BCUT2D eigenvalue weighted by molar-refractivity contribution is 5.81. The molecule has 2 heterocycles. The Balaban J connectivity index is 1.31. The molecule has 2 atom stereocenters. The summed E-state index contributed by atoms with van der Waals surface area (Å²) in [6.07, 6.45) is 1.64. The van der Waals surface area contributed by atoms with Gasteiger partial charge in [-0.25, -0.2) is 0 Å². The normalized spacial score (nSPS) is 18.4. The first-order valence-corrected chi connectivity index (χ1v) is 13.6. The third-order valence-corrected chi connectivity index (χ3v) is 7.81. The van der Waals surface area contributed by atoms with Crippen molar-refractivity contribution in [1.29, 1.82) is 0 Å². The van der Waals surface area contributed by atoms with Crippen molar-refractivity contribution in [3.05, 3.63) is 135 Å². The number of fused-ring (bicyclic) bond motifs is 3. The Morgan fingerprint density at radius 2 is 1.35 bits per heavy atom. The van der Waals surface area contributed by atoms with E-state index in [2.05, 4.69) is 17.0 Å². The van der Waals surface area contributed by atoms with Crippen LogP contribution in [0.2, 0.25) is 0 Å². The SMILES string of the molecule is O=C1C[C@@H](c2ccc([N+](=O)[O-])cc2)N2CCc3cc(OCc4ccccc4)c(OCc4ccccc4)cc3[C@@H]2C1. The lowest BCUT2D eigenvalue weighted by Crippen LogP contribution is -2.43. The van der Waals surface area contributed by atoms with Gasteiger partial charge in [0.15, 0.2) is 11.5 Å². The number of ketones is 1. The fourth-order valence-corrected chi connectivity index (χ4v) is 5.78. The number of carbonyl (C=O) groups excluding carboxylic acids is 1. The Kier molecular flexibility index (Phi) is 7.29. The Labute approximate surface area is 233 Å². The Morgan fingerprint density at radius 1 is 0.775 bits per heavy atom. The van der Waals surface area contributed by atoms with Crippen molar-refractivity contribution >= 4 is 11.5 Å². The lowest BCUT2D eigenvalue weighted by molar-refractivity contribution is -0.384. The van der Waals surface area contributed by atoms with Crippen LogP contribution in [0.15, 0.2) is 97.1 Å². The fourth-order valence-electron chi connectivity index (χ4n) is 5.78. The van der Waals surface area contributed by atoms with E-state index in [0.717, 1.165) is 40.8 Å². The van der Waals surface area contributed by atoms with Crippen molar-refractivity contribution in [2.24, 2.45) is 0 Å². The van der Waals surface area contributed by atoms with Crippen molar-refractivity contribution in [3.8, 4) is 11.5 Å². The van der Waals surface area contributed by atoms with Crippen LogP contribution in [0.1, 0.15) is 52.7 Å². The molecule has 0 aromatic heterocycles. The third kappa shape index (κ3) is 5.46. The molecule has 0 radical (unpaired) electrons. The molecule has 0 unspecified atom stereocenters. The van der Waals surface area contributed by atoms with E-state index in [-0.39, 0.29) is 23.6 Å². The third-order valence-electron chi connectivity index (χ3n) is 7.81. The lowest BCUT2D eigenvalue weighted by Gasteiger charge is -2.45. The number of nitrogens with zero attached hydrogens (tertiary/aromatic N) is 2. The molecule has 0 bridgehead atoms. The molecule has 40 heavy (non-hydrogen) atoms. The van der Waals surface area contributed by atoms with E-state index in [1.54, 1.807) is 12.1 Å². The molecule has 2 aliphatic rings. The minimum absolute atomic E-state index is 0.0506. The molecule has 202 valence electrons. The summed E-state index contributed by atoms with van der Waals surface area (Å²) >= 11 is 0. The first-order chi connectivity index (χ1) is 19.5. The van der Waals surface area contributed by atoms with Crippen LogP contribution in [0.3, 0.4) is 0 Å². The molecule has 0 amide bonds. The monoisotopic (exact) mass is 534 g/mol. The number of ether oxygens (including phenoxy) is 2. The van der Waals surface area contributed by atoms with Crippen LogP contribution in [0, 0.1) is 10.1 Å². The molecule has 1 fully saturated rings. The van der Waals surface area contributed by atoms with Crippen molar-refractivity contribution < 1.29 is 19.2 Å². The maximum Gasteiger partial charge on any atom is 0.269 e. The van der Waals surface area contributed by atoms with E-state index in [1.165, 1.54) is 12.1 Å². The van der Waals surface area contributed by atoms with Gasteiger partial charge in [-0.05, 0) is 46.4 Å². The van der Waals surface area contributed by atoms with Crippen LogP contribution in [-0.4, -0.2) is 22.2 Å². The largest absolute Gasteiger partial charge is 0.485 e. The summed E-state index contributed by atoms with van der Waals surface area (Å²) in [5.41, 5.74) is 5.35. The summed E-state index contributed by atoms with van der Waals surface area (Å²) in [5, 5.41) is 11.2. The Hall–Kier alpha value is -4.49. The van der Waals surface area contributed by atoms with E-state index < -0.39 is 4.92 Å². The molecule has 7 heteroatoms. The average Bonchev–Trinajstić information content (AvgIpc) is 2.99. The molecule has 0 saturated carbocycles. The number of hydrogen-bond donors (Lipinski definition) is 0. The minimum atomic E-state index is -0.399. The summed E-state index contributed by atoms with van der Waals surface area (Å²) in [7, 11) is 0. The smallest absolute Gasteiger partial charge is 0.269 e. The second-order valence-corrected chi connectivity index (χ2v) is 10.4. The van der Waals surface area contributed by atoms with Crippen LogP contribution >= 0.6 is 0 Å². The standard InChI is InChI=1S/C33H30N2O5/c36-28-18-30(25-11-13-27(14-12-25)35(37)38)34-16-15-26-17-32(39-21-23-7-3-1-4-8-23)33(20-29(26)31(34)19-28)40-22-24-9-5-2-6-10-24/h1-14,17,20,30-31H,15-16,18-19,21-22H2/t30-,31-/m0/s1. The van der Waals surface area contributed by atoms with Crippen molar-refractivity contribution in [3.63, 3.8) is 0 Å². The topological polar surface area (TPSA) is 81.9 Å². The zero-order valence-corrected chi connectivity index (χ0v) is 22.1. The van der Waals surface area contributed by atoms with Gasteiger partial charge >= 0.3 is 0 Å². The van der Waals surface area contributed by atoms with E-state index >= 15 is 0 Å². The summed E-state index contributed by atoms with van der Waals surface area (Å²) in [6, 6.07) is 30.6. The number of carbonyl (C=O) groups is 1. The minimum Gasteiger partial charge on any atom is -0.485 e. The highest BCUT2D eigenvalue weighted by atomic mass is 16.6. The van der Waals surface area contributed by atoms with Gasteiger partial charge in [-0.3, -0.25) is 19.8 Å². The van der Waals surface area contributed by atoms with E-state index in [4.69, 9.17) is 9.47 Å². The Bertz CT molecular complexity index is 1510. The van der Waals surface area contributed by atoms with Gasteiger partial charge in [0.25, 0.3) is 5.69 Å². The number of Topliss-reactive ketones (excluding diaryl/α,β-unsaturated/α-hetero) is 1. The van der Waals surface area contributed by atoms with Gasteiger partial charge in [0.1, 0.15) is 19.0 Å². The molecule has 0 aliphatic carbocycles. The van der Waals surface area contributed by atoms with Crippen molar-refractivity contribution in [2.75, 3.05) is 6.54 Å². The van der Waals surface area contributed by atoms with Gasteiger partial charge in [-0.2, -0.15) is 0 Å². The lowest BCUT2D eigenvalue weighted by atomic mass is 9.81. The molecule has 4 aromatic carbocycles. The number of nitro benzene ring substituents is 1. The van der Waals surface area contributed by atoms with Crippen LogP contribution in [0.5, 0.6) is 11.5 Å². The zero-order valence-electron chi connectivity index (χ0n) is 22.1. The quantitative estimate of drug-likeness (QED) is 0.184. The van der Waals surface area contributed by atoms with Crippen LogP contribution in [-0.2, 0) is 24.4 Å². The first kappa shape index (κ1) is 25.8. The molecular weight excluding hydrogens is 504 g/mol. The van der Waals surface area contributed by atoms with E-state index in [0.29, 0.717) is 37.6 Å². The number of rotatable bonds is 8. The number of non-ortho nitro benzene ring substituents is 1. The number of piperidine rings is 1. The molecule has 2 aliphatic heterocycles. The van der Waals surface area contributed by atoms with Gasteiger partial charge in [0.2, 0.25) is 0 Å². The predicted octanol–water partition coefficient (Wildman–Crippen LogP) is 6.76. The number of hydrogen-bond acceptors (Lipinski definition) is 6. The molecule has 7 nitrogen and oxygen atoms in total. The maximum absolute atomic E-state index is 13.0. The number of nitro groups is 1. The molecule has 4 aromatic rings. The average molecular weight is 535 g/mol. The molecule has 1 saturated heterocycles. The summed E-state index contributed by atoms with van der Waals surface area (Å²) in [5.74, 6) is 1.54. The van der Waals surface area contributed by atoms with Crippen LogP contribution in [0.25, 0.3) is 0 Å². The molecule has 0 N–H and O–H groups in total. The van der Waals surface area contributed by atoms with Gasteiger partial charge in [-0.1, -0.05) is 72.8 Å². The summed E-state index contributed by atoms with van der Waals surface area (Å²) in [6.45, 7) is 1.62. The second-order valence-electron chi connectivity index (χ2n) is 10.4. The second kappa shape index (κ2) is 11.3. The fraction of sp³-hybridized carbons (Fsp3) is 0.242. The predicted molar refractivity (Wildman–Crippen MR) is 151 cm³/mol. The van der Waals surface area contributed by atoms with Gasteiger partial charge in [-0.15, -0.1) is 0 Å². The molecule has 0 spiro atoms. The van der Waals surface area contributed by atoms with Crippen molar-refractivity contribution in [2.45, 2.75) is 44.6 Å². The summed E-state index contributed by atoms with van der Waals surface area (Å²) in [4.78, 5) is 26.1. The van der Waals surface area contributed by atoms with E-state index in [9.17, 15) is 14.9 Å². The Morgan fingerprint density at radius 3 is 1.95 bits per heavy atom. The zero-order chi connectivity index (χ0) is 27.5. The van der Waals surface area contributed by atoms with Gasteiger partial charge < -0.3 is 9.47 Å². The van der Waals surface area contributed by atoms with E-state index in [1.807, 2.05) is 60.7 Å². The highest BCUT2D eigenvalue weighted by Gasteiger charge is 2.40. The number of benzene rings is 4.